The van der Waals surface area contributed by atoms with E-state index in [9.17, 15) is 9.90 Å². The van der Waals surface area contributed by atoms with Crippen LogP contribution in [0.2, 0.25) is 0 Å². The van der Waals surface area contributed by atoms with Crippen molar-refractivity contribution in [1.29, 1.82) is 0 Å². The second-order valence-electron chi connectivity index (χ2n) is 7.59. The lowest BCUT2D eigenvalue weighted by molar-refractivity contribution is -0.0697. The van der Waals surface area contributed by atoms with E-state index in [0.717, 1.165) is 22.3 Å². The van der Waals surface area contributed by atoms with Crippen molar-refractivity contribution in [1.82, 2.24) is 9.88 Å². The van der Waals surface area contributed by atoms with E-state index in [4.69, 9.17) is 14.2 Å². The quantitative estimate of drug-likeness (QED) is 0.851. The Morgan fingerprint density at radius 1 is 1.31 bits per heavy atom. The number of nitrogens with zero attached hydrogens (tertiary/aromatic N) is 2. The van der Waals surface area contributed by atoms with Crippen molar-refractivity contribution in [2.45, 2.75) is 38.8 Å². The number of aromatic nitrogens is 1. The highest BCUT2D eigenvalue weighted by molar-refractivity contribution is 5.99. The van der Waals surface area contributed by atoms with Crippen LogP contribution in [0, 0.1) is 13.8 Å². The Kier molecular flexibility index (Phi) is 5.43. The van der Waals surface area contributed by atoms with Crippen LogP contribution in [0.15, 0.2) is 24.4 Å². The number of amides is 1. The number of aliphatic hydroxyl groups excluding tert-OH is 1. The molecule has 1 saturated heterocycles. The number of pyridine rings is 1. The van der Waals surface area contributed by atoms with Gasteiger partial charge in [0.15, 0.2) is 6.73 Å². The molecule has 7 nitrogen and oxygen atoms in total. The fourth-order valence-corrected chi connectivity index (χ4v) is 3.95. The van der Waals surface area contributed by atoms with Gasteiger partial charge in [0.1, 0.15) is 5.75 Å². The van der Waals surface area contributed by atoms with E-state index >= 15 is 0 Å². The van der Waals surface area contributed by atoms with Crippen molar-refractivity contribution in [2.24, 2.45) is 0 Å². The first-order valence-corrected chi connectivity index (χ1v) is 9.81. The van der Waals surface area contributed by atoms with Crippen molar-refractivity contribution in [3.63, 3.8) is 0 Å². The molecule has 0 saturated carbocycles. The van der Waals surface area contributed by atoms with Gasteiger partial charge in [-0.1, -0.05) is 6.07 Å². The summed E-state index contributed by atoms with van der Waals surface area (Å²) in [5.74, 6) is 1.07. The first-order chi connectivity index (χ1) is 14.0. The summed E-state index contributed by atoms with van der Waals surface area (Å²) in [6.45, 7) is 4.97. The van der Waals surface area contributed by atoms with Gasteiger partial charge < -0.3 is 19.3 Å². The SMILES string of the molecule is COc1ccc(Cc2cc3c(c(C)c2C)OCN([C@H]2COCC[C@@H]2O)C3=O)cn1. The van der Waals surface area contributed by atoms with Gasteiger partial charge in [0.2, 0.25) is 5.88 Å². The summed E-state index contributed by atoms with van der Waals surface area (Å²) < 4.78 is 16.6. The summed E-state index contributed by atoms with van der Waals surface area (Å²) in [5.41, 5.74) is 4.68. The van der Waals surface area contributed by atoms with E-state index in [1.54, 1.807) is 18.2 Å². The molecule has 0 radical (unpaired) electrons. The Bertz CT molecular complexity index is 912. The first-order valence-electron chi connectivity index (χ1n) is 9.81. The minimum Gasteiger partial charge on any atom is -0.481 e. The fraction of sp³-hybridized carbons (Fsp3) is 0.455. The van der Waals surface area contributed by atoms with Crippen LogP contribution in [0.5, 0.6) is 11.6 Å². The number of methoxy groups -OCH3 is 1. The normalized spacial score (nSPS) is 21.5. The van der Waals surface area contributed by atoms with E-state index in [-0.39, 0.29) is 18.7 Å². The molecule has 1 amide bonds. The number of hydrogen-bond acceptors (Lipinski definition) is 6. The number of carbonyl (C=O) groups excluding carboxylic acids is 1. The van der Waals surface area contributed by atoms with Gasteiger partial charge in [0.25, 0.3) is 5.91 Å². The molecule has 3 heterocycles. The Labute approximate surface area is 170 Å². The average Bonchev–Trinajstić information content (AvgIpc) is 2.74. The van der Waals surface area contributed by atoms with Gasteiger partial charge in [-0.25, -0.2) is 4.98 Å². The first kappa shape index (κ1) is 19.7. The van der Waals surface area contributed by atoms with Crippen LogP contribution in [0.1, 0.15) is 39.0 Å². The molecule has 29 heavy (non-hydrogen) atoms. The number of fused-ring (bicyclic) bond motifs is 1. The van der Waals surface area contributed by atoms with Crippen LogP contribution in [-0.4, -0.2) is 60.1 Å². The molecule has 2 atom stereocenters. The Morgan fingerprint density at radius 3 is 2.83 bits per heavy atom. The topological polar surface area (TPSA) is 81.1 Å². The highest BCUT2D eigenvalue weighted by Crippen LogP contribution is 2.35. The molecule has 0 aliphatic carbocycles. The summed E-state index contributed by atoms with van der Waals surface area (Å²) in [6.07, 6.45) is 2.35. The highest BCUT2D eigenvalue weighted by atomic mass is 16.5. The zero-order chi connectivity index (χ0) is 20.5. The molecular formula is C22H26N2O5. The van der Waals surface area contributed by atoms with Crippen LogP contribution in [0.3, 0.4) is 0 Å². The van der Waals surface area contributed by atoms with Crippen LogP contribution in [-0.2, 0) is 11.2 Å². The third kappa shape index (κ3) is 3.68. The Hall–Kier alpha value is -2.64. The van der Waals surface area contributed by atoms with Crippen molar-refractivity contribution >= 4 is 5.91 Å². The minimum atomic E-state index is -0.603. The van der Waals surface area contributed by atoms with Crippen molar-refractivity contribution < 1.29 is 24.1 Å². The van der Waals surface area contributed by atoms with Crippen molar-refractivity contribution in [3.8, 4) is 11.6 Å². The van der Waals surface area contributed by atoms with Gasteiger partial charge in [0.05, 0.1) is 31.4 Å². The number of ether oxygens (including phenoxy) is 3. The van der Waals surface area contributed by atoms with E-state index in [1.807, 2.05) is 32.0 Å². The standard InChI is InChI=1S/C22H26N2O5/c1-13-14(2)21-17(9-16(13)8-15-4-5-20(27-3)23-10-15)22(26)24(12-29-21)18-11-28-7-6-19(18)25/h4-5,9-10,18-19,25H,6-8,11-12H2,1-3H3/t18-,19-/m0/s1. The number of aliphatic hydroxyl groups is 1. The van der Waals surface area contributed by atoms with Gasteiger partial charge in [-0.3, -0.25) is 9.69 Å². The summed E-state index contributed by atoms with van der Waals surface area (Å²) in [5, 5.41) is 10.3. The number of carbonyl (C=O) groups is 1. The lowest BCUT2D eigenvalue weighted by Crippen LogP contribution is -2.55. The average molecular weight is 398 g/mol. The van der Waals surface area contributed by atoms with Gasteiger partial charge in [-0.05, 0) is 55.0 Å². The molecule has 2 aliphatic heterocycles. The lowest BCUT2D eigenvalue weighted by atomic mass is 9.92. The van der Waals surface area contributed by atoms with Gasteiger partial charge >= 0.3 is 0 Å². The van der Waals surface area contributed by atoms with Gasteiger partial charge in [0, 0.05) is 18.9 Å². The number of benzene rings is 1. The number of hydrogen-bond donors (Lipinski definition) is 1. The molecular weight excluding hydrogens is 372 g/mol. The summed E-state index contributed by atoms with van der Waals surface area (Å²) in [7, 11) is 1.59. The monoisotopic (exact) mass is 398 g/mol. The fourth-order valence-electron chi connectivity index (χ4n) is 3.95. The Morgan fingerprint density at radius 2 is 2.14 bits per heavy atom. The van der Waals surface area contributed by atoms with E-state index in [2.05, 4.69) is 4.98 Å². The molecule has 154 valence electrons. The second-order valence-corrected chi connectivity index (χ2v) is 7.59. The maximum Gasteiger partial charge on any atom is 0.260 e. The molecule has 0 unspecified atom stereocenters. The largest absolute Gasteiger partial charge is 0.481 e. The minimum absolute atomic E-state index is 0.124. The second kappa shape index (κ2) is 8.00. The third-order valence-corrected chi connectivity index (χ3v) is 5.88. The Balaban J connectivity index is 1.65. The summed E-state index contributed by atoms with van der Waals surface area (Å²) in [4.78, 5) is 19.1. The molecule has 7 heteroatoms. The number of rotatable bonds is 4. The molecule has 1 fully saturated rings. The summed E-state index contributed by atoms with van der Waals surface area (Å²) >= 11 is 0. The molecule has 0 bridgehead atoms. The van der Waals surface area contributed by atoms with Crippen LogP contribution >= 0.6 is 0 Å². The zero-order valence-corrected chi connectivity index (χ0v) is 17.0. The van der Waals surface area contributed by atoms with Crippen LogP contribution in [0.4, 0.5) is 0 Å². The lowest BCUT2D eigenvalue weighted by Gasteiger charge is -2.40. The summed E-state index contributed by atoms with van der Waals surface area (Å²) in [6, 6.07) is 5.32. The molecule has 2 aromatic rings. The third-order valence-electron chi connectivity index (χ3n) is 5.88. The van der Waals surface area contributed by atoms with E-state index in [0.29, 0.717) is 43.2 Å². The zero-order valence-electron chi connectivity index (χ0n) is 17.0. The molecule has 0 spiro atoms. The predicted molar refractivity (Wildman–Crippen MR) is 106 cm³/mol. The van der Waals surface area contributed by atoms with Gasteiger partial charge in [-0.2, -0.15) is 0 Å². The molecule has 1 aromatic carbocycles. The van der Waals surface area contributed by atoms with Crippen molar-refractivity contribution in [2.75, 3.05) is 27.1 Å². The molecule has 2 aliphatic rings. The van der Waals surface area contributed by atoms with Gasteiger partial charge in [-0.15, -0.1) is 0 Å². The van der Waals surface area contributed by atoms with E-state index < -0.39 is 6.10 Å². The van der Waals surface area contributed by atoms with E-state index in [1.165, 1.54) is 0 Å². The predicted octanol–water partition coefficient (Wildman–Crippen LogP) is 2.24. The maximum atomic E-state index is 13.3. The smallest absolute Gasteiger partial charge is 0.260 e. The molecule has 1 aromatic heterocycles. The molecule has 4 rings (SSSR count). The van der Waals surface area contributed by atoms with Crippen molar-refractivity contribution in [3.05, 3.63) is 52.2 Å². The van der Waals surface area contributed by atoms with Crippen LogP contribution in [0.25, 0.3) is 0 Å². The maximum absolute atomic E-state index is 13.3. The van der Waals surface area contributed by atoms with Crippen LogP contribution < -0.4 is 9.47 Å². The molecule has 1 N–H and O–H groups in total. The highest BCUT2D eigenvalue weighted by Gasteiger charge is 2.37.